The first-order valence-corrected chi connectivity index (χ1v) is 6.79. The third kappa shape index (κ3) is 4.51. The van der Waals surface area contributed by atoms with E-state index in [2.05, 4.69) is 29.2 Å². The van der Waals surface area contributed by atoms with Gasteiger partial charge in [-0.1, -0.05) is 25.4 Å². The minimum absolute atomic E-state index is 0.0758. The van der Waals surface area contributed by atoms with Crippen LogP contribution >= 0.6 is 11.6 Å². The predicted octanol–water partition coefficient (Wildman–Crippen LogP) is 1.92. The summed E-state index contributed by atoms with van der Waals surface area (Å²) in [5.41, 5.74) is 0.426. The van der Waals surface area contributed by atoms with E-state index in [1.165, 1.54) is 4.68 Å². The Balaban J connectivity index is 2.79. The van der Waals surface area contributed by atoms with Crippen molar-refractivity contribution in [3.8, 4) is 0 Å². The first-order chi connectivity index (χ1) is 8.76. The number of hydrogen-bond donors (Lipinski definition) is 1. The molecule has 108 valence electrons. The van der Waals surface area contributed by atoms with Crippen molar-refractivity contribution >= 4 is 17.3 Å². The van der Waals surface area contributed by atoms with Gasteiger partial charge in [0.1, 0.15) is 5.02 Å². The lowest BCUT2D eigenvalue weighted by molar-refractivity contribution is 0.254. The Hall–Kier alpha value is -1.07. The molecule has 0 bridgehead atoms. The van der Waals surface area contributed by atoms with Crippen LogP contribution in [0.5, 0.6) is 0 Å². The average molecular weight is 287 g/mol. The highest BCUT2D eigenvalue weighted by Crippen LogP contribution is 2.20. The van der Waals surface area contributed by atoms with E-state index in [-0.39, 0.29) is 16.0 Å². The summed E-state index contributed by atoms with van der Waals surface area (Å²) in [6.45, 7) is 8.37. The van der Waals surface area contributed by atoms with E-state index >= 15 is 0 Å². The van der Waals surface area contributed by atoms with Crippen molar-refractivity contribution in [2.75, 3.05) is 32.5 Å². The van der Waals surface area contributed by atoms with Crippen LogP contribution in [-0.2, 0) is 6.54 Å². The maximum absolute atomic E-state index is 11.8. The summed E-state index contributed by atoms with van der Waals surface area (Å²) >= 11 is 6.07. The normalized spacial score (nSPS) is 11.9. The van der Waals surface area contributed by atoms with E-state index in [4.69, 9.17) is 11.6 Å². The molecule has 5 nitrogen and oxygen atoms in total. The fourth-order valence-electron chi connectivity index (χ4n) is 2.06. The van der Waals surface area contributed by atoms with Crippen molar-refractivity contribution in [3.63, 3.8) is 0 Å². The van der Waals surface area contributed by atoms with Crippen LogP contribution in [0, 0.1) is 5.41 Å². The molecule has 0 spiro atoms. The molecule has 1 rings (SSSR count). The van der Waals surface area contributed by atoms with Gasteiger partial charge < -0.3 is 10.2 Å². The van der Waals surface area contributed by atoms with E-state index in [0.29, 0.717) is 12.2 Å². The lowest BCUT2D eigenvalue weighted by atomic mass is 9.93. The Labute approximate surface area is 119 Å². The maximum atomic E-state index is 11.8. The molecule has 0 unspecified atom stereocenters. The molecule has 0 radical (unpaired) electrons. The summed E-state index contributed by atoms with van der Waals surface area (Å²) in [6.07, 6.45) is 1.61. The zero-order chi connectivity index (χ0) is 14.6. The second kappa shape index (κ2) is 6.39. The second-order valence-corrected chi connectivity index (χ2v) is 6.13. The molecule has 0 amide bonds. The molecule has 1 aromatic rings. The highest BCUT2D eigenvalue weighted by atomic mass is 35.5. The number of nitrogens with one attached hydrogen (secondary N) is 1. The van der Waals surface area contributed by atoms with Gasteiger partial charge in [0.25, 0.3) is 5.56 Å². The van der Waals surface area contributed by atoms with Crippen LogP contribution in [-0.4, -0.2) is 41.9 Å². The quantitative estimate of drug-likeness (QED) is 0.868. The molecule has 1 heterocycles. The molecular weight excluding hydrogens is 264 g/mol. The standard InChI is InChI=1S/C13H23ClN4O/c1-6-18-12(19)11(14)10(7-16-18)15-8-13(2,3)9-17(4)5/h7,15H,6,8-9H2,1-5H3. The molecule has 0 atom stereocenters. The zero-order valence-corrected chi connectivity index (χ0v) is 13.1. The molecule has 0 aromatic carbocycles. The SMILES string of the molecule is CCn1ncc(NCC(C)(C)CN(C)C)c(Cl)c1=O. The van der Waals surface area contributed by atoms with Gasteiger partial charge in [-0.2, -0.15) is 5.10 Å². The van der Waals surface area contributed by atoms with E-state index in [9.17, 15) is 4.79 Å². The minimum Gasteiger partial charge on any atom is -0.382 e. The largest absolute Gasteiger partial charge is 0.382 e. The number of aromatic nitrogens is 2. The monoisotopic (exact) mass is 286 g/mol. The van der Waals surface area contributed by atoms with E-state index < -0.39 is 0 Å². The van der Waals surface area contributed by atoms with Crippen LogP contribution in [0.25, 0.3) is 0 Å². The predicted molar refractivity (Wildman–Crippen MR) is 80.0 cm³/mol. The lowest BCUT2D eigenvalue weighted by Gasteiger charge is -2.29. The third-order valence-corrected chi connectivity index (χ3v) is 3.15. The van der Waals surface area contributed by atoms with Crippen LogP contribution in [0.2, 0.25) is 5.02 Å². The van der Waals surface area contributed by atoms with Crippen molar-refractivity contribution < 1.29 is 0 Å². The van der Waals surface area contributed by atoms with Crippen LogP contribution in [0.1, 0.15) is 20.8 Å². The van der Waals surface area contributed by atoms with Gasteiger partial charge >= 0.3 is 0 Å². The highest BCUT2D eigenvalue weighted by molar-refractivity contribution is 6.32. The molecule has 6 heteroatoms. The number of rotatable bonds is 6. The fourth-order valence-corrected chi connectivity index (χ4v) is 2.27. The Kier molecular flexibility index (Phi) is 5.38. The smallest absolute Gasteiger partial charge is 0.287 e. The first-order valence-electron chi connectivity index (χ1n) is 6.41. The van der Waals surface area contributed by atoms with Crippen molar-refractivity contribution in [1.29, 1.82) is 0 Å². The summed E-state index contributed by atoms with van der Waals surface area (Å²) < 4.78 is 1.35. The van der Waals surface area contributed by atoms with Crippen molar-refractivity contribution in [2.45, 2.75) is 27.3 Å². The Morgan fingerprint density at radius 2 is 2.11 bits per heavy atom. The Bertz CT molecular complexity index is 482. The Morgan fingerprint density at radius 3 is 2.63 bits per heavy atom. The van der Waals surface area contributed by atoms with Crippen LogP contribution in [0.4, 0.5) is 5.69 Å². The van der Waals surface area contributed by atoms with Gasteiger partial charge in [0.05, 0.1) is 11.9 Å². The highest BCUT2D eigenvalue weighted by Gasteiger charge is 2.19. The lowest BCUT2D eigenvalue weighted by Crippen LogP contribution is -2.35. The zero-order valence-electron chi connectivity index (χ0n) is 12.3. The van der Waals surface area contributed by atoms with Crippen LogP contribution in [0.3, 0.4) is 0 Å². The van der Waals surface area contributed by atoms with Gasteiger partial charge in [-0.15, -0.1) is 0 Å². The van der Waals surface area contributed by atoms with Gasteiger partial charge in [0, 0.05) is 19.6 Å². The van der Waals surface area contributed by atoms with Crippen LogP contribution in [0.15, 0.2) is 11.0 Å². The molecule has 1 N–H and O–H groups in total. The number of anilines is 1. The molecule has 0 aliphatic rings. The molecule has 0 saturated heterocycles. The van der Waals surface area contributed by atoms with Gasteiger partial charge in [-0.3, -0.25) is 4.79 Å². The molecule has 0 aliphatic heterocycles. The molecule has 19 heavy (non-hydrogen) atoms. The summed E-state index contributed by atoms with van der Waals surface area (Å²) in [5, 5.41) is 7.49. The summed E-state index contributed by atoms with van der Waals surface area (Å²) in [6, 6.07) is 0. The molecule has 0 saturated carbocycles. The van der Waals surface area contributed by atoms with Gasteiger partial charge in [0.15, 0.2) is 0 Å². The summed E-state index contributed by atoms with van der Waals surface area (Å²) in [4.78, 5) is 14.0. The number of aryl methyl sites for hydroxylation is 1. The van der Waals surface area contributed by atoms with Crippen molar-refractivity contribution in [1.82, 2.24) is 14.7 Å². The molecule has 0 aliphatic carbocycles. The molecule has 0 fully saturated rings. The molecule has 1 aromatic heterocycles. The van der Waals surface area contributed by atoms with Crippen molar-refractivity contribution in [2.24, 2.45) is 5.41 Å². The topological polar surface area (TPSA) is 50.2 Å². The minimum atomic E-state index is -0.250. The second-order valence-electron chi connectivity index (χ2n) is 5.75. The number of halogens is 1. The molecular formula is C13H23ClN4O. The summed E-state index contributed by atoms with van der Waals surface area (Å²) in [7, 11) is 4.08. The van der Waals surface area contributed by atoms with Crippen molar-refractivity contribution in [3.05, 3.63) is 21.6 Å². The van der Waals surface area contributed by atoms with E-state index in [1.807, 2.05) is 21.0 Å². The van der Waals surface area contributed by atoms with Gasteiger partial charge in [-0.05, 0) is 26.4 Å². The van der Waals surface area contributed by atoms with E-state index in [0.717, 1.165) is 13.1 Å². The number of nitrogens with zero attached hydrogens (tertiary/aromatic N) is 3. The summed E-state index contributed by atoms with van der Waals surface area (Å²) in [5.74, 6) is 0. The van der Waals surface area contributed by atoms with Gasteiger partial charge in [-0.25, -0.2) is 4.68 Å². The third-order valence-electron chi connectivity index (χ3n) is 2.79. The Morgan fingerprint density at radius 1 is 1.47 bits per heavy atom. The number of hydrogen-bond acceptors (Lipinski definition) is 4. The fraction of sp³-hybridized carbons (Fsp3) is 0.692. The average Bonchev–Trinajstić information content (AvgIpc) is 2.29. The van der Waals surface area contributed by atoms with Crippen LogP contribution < -0.4 is 10.9 Å². The maximum Gasteiger partial charge on any atom is 0.287 e. The first kappa shape index (κ1) is 16.0. The van der Waals surface area contributed by atoms with E-state index in [1.54, 1.807) is 6.20 Å². The van der Waals surface area contributed by atoms with Gasteiger partial charge in [0.2, 0.25) is 0 Å².